The molecule has 0 aliphatic heterocycles. The number of carbonyl (C=O) groups is 4. The van der Waals surface area contributed by atoms with E-state index < -0.39 is 55.1 Å². The fraction of sp³-hybridized carbons (Fsp3) is 0.733. The van der Waals surface area contributed by atoms with Crippen molar-refractivity contribution >= 4 is 23.9 Å². The first kappa shape index (κ1) is 22.8. The Morgan fingerprint density at radius 3 is 1.48 bits per heavy atom. The number of methoxy groups -OCH3 is 2. The molecule has 10 nitrogen and oxygen atoms in total. The summed E-state index contributed by atoms with van der Waals surface area (Å²) in [5.41, 5.74) is 0. The van der Waals surface area contributed by atoms with Crippen molar-refractivity contribution in [2.24, 2.45) is 0 Å². The fourth-order valence-corrected chi connectivity index (χ4v) is 1.99. The lowest BCUT2D eigenvalue weighted by Gasteiger charge is -2.34. The van der Waals surface area contributed by atoms with Crippen LogP contribution in [0.1, 0.15) is 27.7 Å². The van der Waals surface area contributed by atoms with Gasteiger partial charge in [0.25, 0.3) is 0 Å². The van der Waals surface area contributed by atoms with Gasteiger partial charge < -0.3 is 28.4 Å². The molecule has 144 valence electrons. The minimum Gasteiger partial charge on any atom is -0.462 e. The summed E-state index contributed by atoms with van der Waals surface area (Å²) >= 11 is 0. The summed E-state index contributed by atoms with van der Waals surface area (Å²) < 4.78 is 30.3. The molecule has 0 aromatic heterocycles. The third-order valence-electron chi connectivity index (χ3n) is 2.80. The highest BCUT2D eigenvalue weighted by atomic mass is 16.7. The molecule has 0 aromatic carbocycles. The van der Waals surface area contributed by atoms with E-state index in [0.29, 0.717) is 0 Å². The highest BCUT2D eigenvalue weighted by Gasteiger charge is 2.42. The summed E-state index contributed by atoms with van der Waals surface area (Å²) in [6.45, 7) is 4.10. The van der Waals surface area contributed by atoms with E-state index in [0.717, 1.165) is 27.7 Å². The number of esters is 4. The van der Waals surface area contributed by atoms with Crippen LogP contribution in [0.15, 0.2) is 0 Å². The standard InChI is InChI=1S/C15H24O10/c1-8(16)22-7-12(23-9(2)17)13(24-10(3)18)14(25-11(4)19)15(20-5)21-6/h12-15H,7H2,1-6H3/t12-,13-,14+/m1/s1. The summed E-state index contributed by atoms with van der Waals surface area (Å²) in [5, 5.41) is 0. The van der Waals surface area contributed by atoms with E-state index in [4.69, 9.17) is 28.4 Å². The number of hydrogen-bond acceptors (Lipinski definition) is 10. The lowest BCUT2D eigenvalue weighted by molar-refractivity contribution is -0.232. The van der Waals surface area contributed by atoms with Crippen LogP contribution in [0, 0.1) is 0 Å². The molecule has 0 aromatic rings. The molecule has 0 amide bonds. The van der Waals surface area contributed by atoms with Gasteiger partial charge in [0, 0.05) is 41.9 Å². The summed E-state index contributed by atoms with van der Waals surface area (Å²) in [7, 11) is 2.56. The molecule has 0 bridgehead atoms. The third-order valence-corrected chi connectivity index (χ3v) is 2.80. The Balaban J connectivity index is 5.77. The molecule has 25 heavy (non-hydrogen) atoms. The molecule has 10 heteroatoms. The average Bonchev–Trinajstić information content (AvgIpc) is 2.48. The number of ether oxygens (including phenoxy) is 6. The summed E-state index contributed by atoms with van der Waals surface area (Å²) in [6.07, 6.45) is -5.00. The Bertz CT molecular complexity index is 471. The first-order valence-electron chi connectivity index (χ1n) is 7.32. The van der Waals surface area contributed by atoms with Crippen molar-refractivity contribution in [3.05, 3.63) is 0 Å². The van der Waals surface area contributed by atoms with E-state index >= 15 is 0 Å². The molecule has 0 N–H and O–H groups in total. The second-order valence-electron chi connectivity index (χ2n) is 4.94. The summed E-state index contributed by atoms with van der Waals surface area (Å²) in [5.74, 6) is -2.82. The van der Waals surface area contributed by atoms with Crippen LogP contribution in [0.3, 0.4) is 0 Å². The van der Waals surface area contributed by atoms with Crippen LogP contribution in [-0.4, -0.2) is 69.3 Å². The van der Waals surface area contributed by atoms with Crippen LogP contribution < -0.4 is 0 Å². The van der Waals surface area contributed by atoms with Crippen molar-refractivity contribution in [2.75, 3.05) is 20.8 Å². The lowest BCUT2D eigenvalue weighted by Crippen LogP contribution is -2.53. The van der Waals surface area contributed by atoms with Gasteiger partial charge in [0.15, 0.2) is 24.6 Å². The highest BCUT2D eigenvalue weighted by molar-refractivity contribution is 5.68. The molecule has 0 saturated carbocycles. The van der Waals surface area contributed by atoms with Crippen molar-refractivity contribution in [2.45, 2.75) is 52.3 Å². The van der Waals surface area contributed by atoms with Crippen LogP contribution in [0.5, 0.6) is 0 Å². The zero-order valence-corrected chi connectivity index (χ0v) is 15.1. The Kier molecular flexibility index (Phi) is 10.4. The van der Waals surface area contributed by atoms with Crippen LogP contribution in [0.4, 0.5) is 0 Å². The molecule has 0 aliphatic rings. The molecule has 0 unspecified atom stereocenters. The van der Waals surface area contributed by atoms with E-state index in [2.05, 4.69) is 0 Å². The Morgan fingerprint density at radius 1 is 0.680 bits per heavy atom. The minimum absolute atomic E-state index is 0.426. The Hall–Kier alpha value is -2.20. The molecular formula is C15H24O10. The smallest absolute Gasteiger partial charge is 0.303 e. The molecular weight excluding hydrogens is 340 g/mol. The maximum Gasteiger partial charge on any atom is 0.303 e. The zero-order valence-electron chi connectivity index (χ0n) is 15.1. The average molecular weight is 364 g/mol. The quantitative estimate of drug-likeness (QED) is 0.296. The second kappa shape index (κ2) is 11.4. The van der Waals surface area contributed by atoms with Gasteiger partial charge in [-0.1, -0.05) is 0 Å². The largest absolute Gasteiger partial charge is 0.462 e. The Morgan fingerprint density at radius 2 is 1.12 bits per heavy atom. The van der Waals surface area contributed by atoms with Gasteiger partial charge in [0.05, 0.1) is 0 Å². The first-order valence-corrected chi connectivity index (χ1v) is 7.32. The van der Waals surface area contributed by atoms with Gasteiger partial charge in [-0.25, -0.2) is 0 Å². The van der Waals surface area contributed by atoms with Crippen molar-refractivity contribution in [1.29, 1.82) is 0 Å². The van der Waals surface area contributed by atoms with Crippen LogP contribution in [-0.2, 0) is 47.6 Å². The molecule has 0 fully saturated rings. The van der Waals surface area contributed by atoms with Gasteiger partial charge in [0.2, 0.25) is 0 Å². The maximum absolute atomic E-state index is 11.5. The van der Waals surface area contributed by atoms with Gasteiger partial charge >= 0.3 is 23.9 Å². The van der Waals surface area contributed by atoms with Crippen molar-refractivity contribution in [3.63, 3.8) is 0 Å². The maximum atomic E-state index is 11.5. The monoisotopic (exact) mass is 364 g/mol. The first-order chi connectivity index (χ1) is 11.6. The van der Waals surface area contributed by atoms with Crippen molar-refractivity contribution in [3.8, 4) is 0 Å². The third kappa shape index (κ3) is 9.01. The molecule has 0 saturated heterocycles. The van der Waals surface area contributed by atoms with Crippen LogP contribution in [0.25, 0.3) is 0 Å². The normalized spacial score (nSPS) is 14.2. The van der Waals surface area contributed by atoms with E-state index in [1.54, 1.807) is 0 Å². The number of rotatable bonds is 10. The molecule has 0 spiro atoms. The SMILES string of the molecule is COC(OC)[C@@H](OC(C)=O)[C@H](OC(C)=O)[C@@H](COC(C)=O)OC(C)=O. The lowest BCUT2D eigenvalue weighted by atomic mass is 10.1. The molecule has 0 radical (unpaired) electrons. The van der Waals surface area contributed by atoms with E-state index in [9.17, 15) is 19.2 Å². The molecule has 3 atom stereocenters. The van der Waals surface area contributed by atoms with Crippen molar-refractivity contribution < 1.29 is 47.6 Å². The summed E-state index contributed by atoms with van der Waals surface area (Å²) in [6, 6.07) is 0. The highest BCUT2D eigenvalue weighted by Crippen LogP contribution is 2.19. The van der Waals surface area contributed by atoms with E-state index in [-0.39, 0.29) is 0 Å². The van der Waals surface area contributed by atoms with Gasteiger partial charge in [0.1, 0.15) is 6.61 Å². The van der Waals surface area contributed by atoms with Gasteiger partial charge in [-0.2, -0.15) is 0 Å². The number of carbonyl (C=O) groups excluding carboxylic acids is 4. The minimum atomic E-state index is -1.34. The van der Waals surface area contributed by atoms with Gasteiger partial charge in [-0.3, -0.25) is 19.2 Å². The number of hydrogen-bond donors (Lipinski definition) is 0. The van der Waals surface area contributed by atoms with E-state index in [1.807, 2.05) is 0 Å². The molecule has 0 heterocycles. The summed E-state index contributed by atoms with van der Waals surface area (Å²) in [4.78, 5) is 45.3. The van der Waals surface area contributed by atoms with Crippen molar-refractivity contribution in [1.82, 2.24) is 0 Å². The molecule has 0 aliphatic carbocycles. The van der Waals surface area contributed by atoms with Crippen LogP contribution in [0.2, 0.25) is 0 Å². The Labute approximate surface area is 145 Å². The fourth-order valence-electron chi connectivity index (χ4n) is 1.99. The van der Waals surface area contributed by atoms with Crippen LogP contribution >= 0.6 is 0 Å². The predicted molar refractivity (Wildman–Crippen MR) is 81.1 cm³/mol. The zero-order chi connectivity index (χ0) is 19.6. The van der Waals surface area contributed by atoms with Gasteiger partial charge in [-0.05, 0) is 0 Å². The van der Waals surface area contributed by atoms with E-state index in [1.165, 1.54) is 14.2 Å². The second-order valence-corrected chi connectivity index (χ2v) is 4.94. The predicted octanol–water partition coefficient (Wildman–Crippen LogP) is -0.0365. The van der Waals surface area contributed by atoms with Gasteiger partial charge in [-0.15, -0.1) is 0 Å². The molecule has 0 rings (SSSR count). The topological polar surface area (TPSA) is 124 Å².